The van der Waals surface area contributed by atoms with Gasteiger partial charge in [-0.1, -0.05) is 40.0 Å². The molecule has 3 heteroatoms. The monoisotopic (exact) mass is 251 g/mol. The molecule has 1 unspecified atom stereocenters. The fraction of sp³-hybridized carbons (Fsp3) is 0.800. The van der Waals surface area contributed by atoms with E-state index in [1.807, 2.05) is 6.20 Å². The zero-order chi connectivity index (χ0) is 13.2. The molecule has 0 spiro atoms. The smallest absolute Gasteiger partial charge is 0.122 e. The first-order valence-corrected chi connectivity index (χ1v) is 7.52. The van der Waals surface area contributed by atoms with Crippen molar-refractivity contribution in [3.63, 3.8) is 0 Å². The molecule has 0 bridgehead atoms. The summed E-state index contributed by atoms with van der Waals surface area (Å²) >= 11 is 0. The highest BCUT2D eigenvalue weighted by Gasteiger charge is 2.06. The molecule has 1 heterocycles. The third kappa shape index (κ3) is 5.21. The number of aromatic nitrogens is 2. The summed E-state index contributed by atoms with van der Waals surface area (Å²) in [6, 6.07) is 0. The molecule has 1 rings (SSSR count). The highest BCUT2D eigenvalue weighted by molar-refractivity contribution is 4.91. The lowest BCUT2D eigenvalue weighted by Gasteiger charge is -2.15. The van der Waals surface area contributed by atoms with Gasteiger partial charge in [-0.2, -0.15) is 0 Å². The van der Waals surface area contributed by atoms with Crippen LogP contribution in [0, 0.1) is 5.92 Å². The average Bonchev–Trinajstić information content (AvgIpc) is 2.81. The van der Waals surface area contributed by atoms with E-state index >= 15 is 0 Å². The first-order valence-electron chi connectivity index (χ1n) is 7.52. The molecule has 0 aromatic carbocycles. The minimum Gasteiger partial charge on any atom is -0.334 e. The second-order valence-corrected chi connectivity index (χ2v) is 5.08. The summed E-state index contributed by atoms with van der Waals surface area (Å²) in [5.74, 6) is 1.99. The number of imidazole rings is 1. The number of rotatable bonds is 10. The van der Waals surface area contributed by atoms with Crippen LogP contribution in [0.4, 0.5) is 0 Å². The van der Waals surface area contributed by atoms with Gasteiger partial charge in [0.1, 0.15) is 5.82 Å². The molecule has 3 nitrogen and oxygen atoms in total. The van der Waals surface area contributed by atoms with Gasteiger partial charge in [0.2, 0.25) is 0 Å². The lowest BCUT2D eigenvalue weighted by molar-refractivity contribution is 0.414. The van der Waals surface area contributed by atoms with E-state index in [9.17, 15) is 0 Å². The standard InChI is InChI=1S/C15H29N3/c1-4-7-8-14(6-3)12-16-13-15-17-9-11-18(15)10-5-2/h9,11,14,16H,4-8,10,12-13H2,1-3H3. The lowest BCUT2D eigenvalue weighted by Crippen LogP contribution is -2.24. The Kier molecular flexibility index (Phi) is 7.74. The van der Waals surface area contributed by atoms with E-state index in [1.54, 1.807) is 0 Å². The Labute approximate surface area is 112 Å². The Bertz CT molecular complexity index is 306. The van der Waals surface area contributed by atoms with Crippen LogP contribution in [0.2, 0.25) is 0 Å². The topological polar surface area (TPSA) is 29.9 Å². The van der Waals surface area contributed by atoms with E-state index in [0.29, 0.717) is 0 Å². The average molecular weight is 251 g/mol. The van der Waals surface area contributed by atoms with Gasteiger partial charge in [0.15, 0.2) is 0 Å². The number of nitrogens with zero attached hydrogens (tertiary/aromatic N) is 2. The number of nitrogens with one attached hydrogen (secondary N) is 1. The summed E-state index contributed by atoms with van der Waals surface area (Å²) in [6.45, 7) is 9.85. The summed E-state index contributed by atoms with van der Waals surface area (Å²) in [4.78, 5) is 4.42. The van der Waals surface area contributed by atoms with Crippen molar-refractivity contribution < 1.29 is 0 Å². The number of hydrogen-bond acceptors (Lipinski definition) is 2. The summed E-state index contributed by atoms with van der Waals surface area (Å²) < 4.78 is 2.25. The third-order valence-electron chi connectivity index (χ3n) is 3.53. The lowest BCUT2D eigenvalue weighted by atomic mass is 9.99. The Morgan fingerprint density at radius 3 is 2.78 bits per heavy atom. The van der Waals surface area contributed by atoms with E-state index in [4.69, 9.17) is 0 Å². The van der Waals surface area contributed by atoms with Gasteiger partial charge < -0.3 is 9.88 Å². The second kappa shape index (κ2) is 9.15. The molecule has 0 fully saturated rings. The van der Waals surface area contributed by atoms with Gasteiger partial charge in [0.25, 0.3) is 0 Å². The molecular formula is C15H29N3. The third-order valence-corrected chi connectivity index (χ3v) is 3.53. The van der Waals surface area contributed by atoms with E-state index in [0.717, 1.165) is 32.0 Å². The maximum Gasteiger partial charge on any atom is 0.122 e. The molecule has 1 aromatic heterocycles. The van der Waals surface area contributed by atoms with E-state index in [1.165, 1.54) is 31.5 Å². The molecule has 1 atom stereocenters. The van der Waals surface area contributed by atoms with Crippen LogP contribution in [0.25, 0.3) is 0 Å². The van der Waals surface area contributed by atoms with Crippen molar-refractivity contribution in [2.45, 2.75) is 66.0 Å². The van der Waals surface area contributed by atoms with E-state index in [-0.39, 0.29) is 0 Å². The number of hydrogen-bond donors (Lipinski definition) is 1. The Morgan fingerprint density at radius 2 is 2.11 bits per heavy atom. The Balaban J connectivity index is 2.28. The fourth-order valence-electron chi connectivity index (χ4n) is 2.28. The van der Waals surface area contributed by atoms with E-state index < -0.39 is 0 Å². The van der Waals surface area contributed by atoms with Crippen molar-refractivity contribution in [2.24, 2.45) is 5.92 Å². The molecule has 1 aromatic rings. The zero-order valence-electron chi connectivity index (χ0n) is 12.3. The quantitative estimate of drug-likeness (QED) is 0.688. The van der Waals surface area contributed by atoms with Crippen molar-refractivity contribution in [1.82, 2.24) is 14.9 Å². The van der Waals surface area contributed by atoms with Crippen LogP contribution in [0.15, 0.2) is 12.4 Å². The Hall–Kier alpha value is -0.830. The summed E-state index contributed by atoms with van der Waals surface area (Å²) in [5.41, 5.74) is 0. The van der Waals surface area contributed by atoms with Crippen LogP contribution in [-0.4, -0.2) is 16.1 Å². The Morgan fingerprint density at radius 1 is 1.28 bits per heavy atom. The first kappa shape index (κ1) is 15.2. The van der Waals surface area contributed by atoms with E-state index in [2.05, 4.69) is 41.8 Å². The van der Waals surface area contributed by atoms with Crippen molar-refractivity contribution >= 4 is 0 Å². The minimum absolute atomic E-state index is 0.819. The predicted octanol–water partition coefficient (Wildman–Crippen LogP) is 3.60. The maximum atomic E-state index is 4.42. The van der Waals surface area contributed by atoms with Crippen LogP contribution in [-0.2, 0) is 13.1 Å². The van der Waals surface area contributed by atoms with Crippen LogP contribution in [0.5, 0.6) is 0 Å². The van der Waals surface area contributed by atoms with Crippen LogP contribution < -0.4 is 5.32 Å². The van der Waals surface area contributed by atoms with Crippen LogP contribution in [0.1, 0.15) is 58.7 Å². The first-order chi connectivity index (χ1) is 8.81. The van der Waals surface area contributed by atoms with Crippen molar-refractivity contribution in [1.29, 1.82) is 0 Å². The summed E-state index contributed by atoms with van der Waals surface area (Å²) in [6.07, 6.45) is 10.4. The van der Waals surface area contributed by atoms with Gasteiger partial charge in [0, 0.05) is 18.9 Å². The van der Waals surface area contributed by atoms with Crippen LogP contribution in [0.3, 0.4) is 0 Å². The molecule has 0 saturated carbocycles. The SMILES string of the molecule is CCCCC(CC)CNCc1nccn1CCC. The summed E-state index contributed by atoms with van der Waals surface area (Å²) in [7, 11) is 0. The molecule has 0 aliphatic carbocycles. The minimum atomic E-state index is 0.819. The predicted molar refractivity (Wildman–Crippen MR) is 77.5 cm³/mol. The molecule has 0 saturated heterocycles. The van der Waals surface area contributed by atoms with Crippen molar-refractivity contribution in [3.8, 4) is 0 Å². The maximum absolute atomic E-state index is 4.42. The van der Waals surface area contributed by atoms with Crippen LogP contribution >= 0.6 is 0 Å². The van der Waals surface area contributed by atoms with Gasteiger partial charge in [-0.15, -0.1) is 0 Å². The molecule has 0 amide bonds. The molecule has 0 aliphatic rings. The molecular weight excluding hydrogens is 222 g/mol. The molecule has 104 valence electrons. The van der Waals surface area contributed by atoms with Gasteiger partial charge in [-0.25, -0.2) is 4.98 Å². The largest absolute Gasteiger partial charge is 0.334 e. The van der Waals surface area contributed by atoms with Crippen molar-refractivity contribution in [3.05, 3.63) is 18.2 Å². The normalized spacial score (nSPS) is 12.8. The zero-order valence-corrected chi connectivity index (χ0v) is 12.3. The van der Waals surface area contributed by atoms with Gasteiger partial charge in [-0.3, -0.25) is 0 Å². The molecule has 0 aliphatic heterocycles. The second-order valence-electron chi connectivity index (χ2n) is 5.08. The number of unbranched alkanes of at least 4 members (excludes halogenated alkanes) is 1. The molecule has 1 N–H and O–H groups in total. The fourth-order valence-corrected chi connectivity index (χ4v) is 2.28. The summed E-state index contributed by atoms with van der Waals surface area (Å²) in [5, 5.41) is 3.56. The number of aryl methyl sites for hydroxylation is 1. The van der Waals surface area contributed by atoms with Gasteiger partial charge in [0.05, 0.1) is 6.54 Å². The molecule has 0 radical (unpaired) electrons. The highest BCUT2D eigenvalue weighted by atomic mass is 15.1. The van der Waals surface area contributed by atoms with Crippen molar-refractivity contribution in [2.75, 3.05) is 6.54 Å². The highest BCUT2D eigenvalue weighted by Crippen LogP contribution is 2.11. The van der Waals surface area contributed by atoms with Gasteiger partial charge in [-0.05, 0) is 25.3 Å². The molecule has 18 heavy (non-hydrogen) atoms. The van der Waals surface area contributed by atoms with Gasteiger partial charge >= 0.3 is 0 Å².